The van der Waals surface area contributed by atoms with Crippen LogP contribution in [0.4, 0.5) is 27.9 Å². The van der Waals surface area contributed by atoms with E-state index in [9.17, 15) is 26.7 Å². The van der Waals surface area contributed by atoms with Gasteiger partial charge in [-0.3, -0.25) is 10.2 Å². The van der Waals surface area contributed by atoms with Gasteiger partial charge < -0.3 is 15.0 Å². The van der Waals surface area contributed by atoms with Crippen molar-refractivity contribution in [2.75, 3.05) is 24.6 Å². The van der Waals surface area contributed by atoms with Crippen LogP contribution in [0.25, 0.3) is 0 Å². The molecular weight excluding hydrogens is 475 g/mol. The number of carbonyl (C=O) groups is 1. The summed E-state index contributed by atoms with van der Waals surface area (Å²) < 4.78 is 71.8. The lowest BCUT2D eigenvalue weighted by atomic mass is 9.96. The first kappa shape index (κ1) is 25.0. The van der Waals surface area contributed by atoms with Crippen LogP contribution in [0.1, 0.15) is 38.2 Å². The van der Waals surface area contributed by atoms with Crippen molar-refractivity contribution in [1.29, 1.82) is 0 Å². The monoisotopic (exact) mass is 500 g/mol. The molecule has 8 nitrogen and oxygen atoms in total. The van der Waals surface area contributed by atoms with Gasteiger partial charge in [-0.1, -0.05) is 6.58 Å². The van der Waals surface area contributed by atoms with Gasteiger partial charge in [-0.15, -0.1) is 0 Å². The number of anilines is 1. The molecule has 0 unspecified atom stereocenters. The van der Waals surface area contributed by atoms with Gasteiger partial charge in [0.1, 0.15) is 6.61 Å². The van der Waals surface area contributed by atoms with Crippen LogP contribution in [0, 0.1) is 0 Å². The number of hydrogen-bond acceptors (Lipinski definition) is 7. The number of nitrogens with one attached hydrogen (secondary N) is 2. The van der Waals surface area contributed by atoms with Crippen molar-refractivity contribution in [2.45, 2.75) is 56.9 Å². The molecule has 1 aliphatic carbocycles. The molecule has 3 heterocycles. The predicted octanol–water partition coefficient (Wildman–Crippen LogP) is 3.18. The largest absolute Gasteiger partial charge is 0.419 e. The van der Waals surface area contributed by atoms with E-state index in [0.29, 0.717) is 50.1 Å². The second-order valence-corrected chi connectivity index (χ2v) is 8.76. The Kier molecular flexibility index (Phi) is 6.80. The number of carbonyl (C=O) groups excluding carboxylic acids is 1. The third-order valence-corrected chi connectivity index (χ3v) is 6.15. The van der Waals surface area contributed by atoms with Crippen LogP contribution >= 0.6 is 0 Å². The van der Waals surface area contributed by atoms with E-state index in [1.54, 1.807) is 4.90 Å². The summed E-state index contributed by atoms with van der Waals surface area (Å²) >= 11 is 0. The number of nitrogens with zero attached hydrogens (tertiary/aromatic N) is 4. The average molecular weight is 500 g/mol. The number of alkyl halides is 5. The molecule has 0 spiro atoms. The summed E-state index contributed by atoms with van der Waals surface area (Å²) in [5.41, 5.74) is 2.28. The highest BCUT2D eigenvalue weighted by molar-refractivity contribution is 6.09. The molecule has 2 aliphatic heterocycles. The molecule has 0 bridgehead atoms. The minimum Gasteiger partial charge on any atom is -0.368 e. The zero-order chi connectivity index (χ0) is 25.4. The molecule has 1 aromatic heterocycles. The second kappa shape index (κ2) is 9.51. The molecule has 35 heavy (non-hydrogen) atoms. The van der Waals surface area contributed by atoms with E-state index in [4.69, 9.17) is 4.74 Å². The standard InChI is InChI=1S/C22H25F5N6O2/c1-12-18(21(2,23)24)15-3-4-16(19(15)32-31-12)30-17(34)11-35-14-5-7-33(8-6-14)20-28-9-13(10-29-20)22(25,26)27/h9-10,14,16,31H,1,3-8,11H2,2H3,(H,30,34)/t16-/m1/s1. The zero-order valence-corrected chi connectivity index (χ0v) is 19.0. The number of amides is 1. The molecule has 1 saturated heterocycles. The normalized spacial score (nSPS) is 21.5. The van der Waals surface area contributed by atoms with Gasteiger partial charge in [-0.2, -0.15) is 18.3 Å². The second-order valence-electron chi connectivity index (χ2n) is 8.76. The van der Waals surface area contributed by atoms with Gasteiger partial charge in [0, 0.05) is 32.4 Å². The summed E-state index contributed by atoms with van der Waals surface area (Å²) in [4.78, 5) is 21.8. The van der Waals surface area contributed by atoms with Gasteiger partial charge in [0.25, 0.3) is 5.92 Å². The van der Waals surface area contributed by atoms with Crippen LogP contribution in [-0.4, -0.2) is 59.4 Å². The Morgan fingerprint density at radius 3 is 2.46 bits per heavy atom. The van der Waals surface area contributed by atoms with E-state index >= 15 is 0 Å². The zero-order valence-electron chi connectivity index (χ0n) is 19.0. The van der Waals surface area contributed by atoms with E-state index < -0.39 is 23.7 Å². The molecule has 0 radical (unpaired) electrons. The summed E-state index contributed by atoms with van der Waals surface area (Å²) in [5, 5.41) is 6.91. The molecule has 3 aliphatic rings. The lowest BCUT2D eigenvalue weighted by molar-refractivity contribution is -0.138. The number of allylic oxidation sites excluding steroid dienone is 1. The van der Waals surface area contributed by atoms with Gasteiger partial charge in [0.2, 0.25) is 11.9 Å². The maximum Gasteiger partial charge on any atom is 0.419 e. The molecular formula is C22H25F5N6O2. The average Bonchev–Trinajstić information content (AvgIpc) is 3.18. The molecule has 0 aromatic carbocycles. The summed E-state index contributed by atoms with van der Waals surface area (Å²) in [6.45, 7) is 5.14. The first-order chi connectivity index (χ1) is 16.4. The molecule has 1 saturated carbocycles. The van der Waals surface area contributed by atoms with Gasteiger partial charge >= 0.3 is 6.18 Å². The number of ether oxygens (including phenoxy) is 1. The maximum absolute atomic E-state index is 14.0. The van der Waals surface area contributed by atoms with Crippen molar-refractivity contribution < 1.29 is 31.5 Å². The maximum atomic E-state index is 14.0. The lowest BCUT2D eigenvalue weighted by Crippen LogP contribution is -2.43. The Morgan fingerprint density at radius 1 is 1.20 bits per heavy atom. The summed E-state index contributed by atoms with van der Waals surface area (Å²) in [7, 11) is 0. The molecule has 190 valence electrons. The number of rotatable bonds is 6. The van der Waals surface area contributed by atoms with Gasteiger partial charge in [0.15, 0.2) is 0 Å². The Morgan fingerprint density at radius 2 is 1.86 bits per heavy atom. The summed E-state index contributed by atoms with van der Waals surface area (Å²) in [6.07, 6.45) is -1.31. The number of piperidine rings is 1. The van der Waals surface area contributed by atoms with E-state index in [0.717, 1.165) is 19.3 Å². The van der Waals surface area contributed by atoms with Crippen LogP contribution in [0.2, 0.25) is 0 Å². The fraction of sp³-hybridized carbons (Fsp3) is 0.545. The third-order valence-electron chi connectivity index (χ3n) is 6.15. The third kappa shape index (κ3) is 5.60. The summed E-state index contributed by atoms with van der Waals surface area (Å²) in [6, 6.07) is -0.502. The highest BCUT2D eigenvalue weighted by atomic mass is 19.4. The molecule has 13 heteroatoms. The minimum atomic E-state index is -4.49. The predicted molar refractivity (Wildman–Crippen MR) is 117 cm³/mol. The van der Waals surface area contributed by atoms with Crippen LogP contribution in [-0.2, 0) is 15.7 Å². The van der Waals surface area contributed by atoms with Gasteiger partial charge in [0.05, 0.1) is 34.7 Å². The van der Waals surface area contributed by atoms with Crippen molar-refractivity contribution in [3.8, 4) is 0 Å². The first-order valence-corrected chi connectivity index (χ1v) is 11.1. The molecule has 2 N–H and O–H groups in total. The van der Waals surface area contributed by atoms with Gasteiger partial charge in [-0.05, 0) is 31.3 Å². The van der Waals surface area contributed by atoms with E-state index in [-0.39, 0.29) is 35.8 Å². The van der Waals surface area contributed by atoms with Crippen molar-refractivity contribution in [3.05, 3.63) is 41.4 Å². The molecule has 2 fully saturated rings. The SMILES string of the molecule is C=C1NN=C2C(=C1C(C)(F)F)CC[C@H]2NC(=O)COC1CCN(c2ncc(C(F)(F)F)cn2)CC1. The van der Waals surface area contributed by atoms with Crippen LogP contribution in [0.15, 0.2) is 40.9 Å². The van der Waals surface area contributed by atoms with E-state index in [1.807, 2.05) is 0 Å². The van der Waals surface area contributed by atoms with Crippen molar-refractivity contribution in [3.63, 3.8) is 0 Å². The highest BCUT2D eigenvalue weighted by Crippen LogP contribution is 2.38. The lowest BCUT2D eigenvalue weighted by Gasteiger charge is -2.31. The molecule has 4 rings (SSSR count). The highest BCUT2D eigenvalue weighted by Gasteiger charge is 2.41. The van der Waals surface area contributed by atoms with Crippen molar-refractivity contribution in [1.82, 2.24) is 20.7 Å². The number of hydrazone groups is 1. The Bertz CT molecular complexity index is 1040. The molecule has 1 aromatic rings. The summed E-state index contributed by atoms with van der Waals surface area (Å²) in [5.74, 6) is -3.26. The number of hydrogen-bond donors (Lipinski definition) is 2. The molecule has 1 atom stereocenters. The van der Waals surface area contributed by atoms with Crippen LogP contribution in [0.3, 0.4) is 0 Å². The van der Waals surface area contributed by atoms with E-state index in [1.165, 1.54) is 0 Å². The first-order valence-electron chi connectivity index (χ1n) is 11.1. The Labute approximate surface area is 198 Å². The number of aromatic nitrogens is 2. The molecule has 1 amide bonds. The van der Waals surface area contributed by atoms with E-state index in [2.05, 4.69) is 32.4 Å². The van der Waals surface area contributed by atoms with Crippen LogP contribution < -0.4 is 15.6 Å². The Hall–Kier alpha value is -3.09. The Balaban J connectivity index is 1.25. The van der Waals surface area contributed by atoms with Crippen molar-refractivity contribution >= 4 is 17.6 Å². The van der Waals surface area contributed by atoms with Gasteiger partial charge in [-0.25, -0.2) is 18.7 Å². The number of fused-ring (bicyclic) bond motifs is 1. The van der Waals surface area contributed by atoms with Crippen molar-refractivity contribution in [2.24, 2.45) is 5.10 Å². The fourth-order valence-corrected chi connectivity index (χ4v) is 4.48. The quantitative estimate of drug-likeness (QED) is 0.583. The number of halogens is 5. The smallest absolute Gasteiger partial charge is 0.368 e. The minimum absolute atomic E-state index is 0.0552. The van der Waals surface area contributed by atoms with Crippen LogP contribution in [0.5, 0.6) is 0 Å². The fourth-order valence-electron chi connectivity index (χ4n) is 4.48. The topological polar surface area (TPSA) is 91.7 Å².